The average Bonchev–Trinajstić information content (AvgIpc) is 2.40. The van der Waals surface area contributed by atoms with Crippen LogP contribution in [0.2, 0.25) is 5.02 Å². The first-order valence-corrected chi connectivity index (χ1v) is 7.29. The standard InChI is InChI=1S/C15H24ClN3O/c1-4-7-13(17)15(20)18-10-14(19(2)3)11-8-5-6-9-12(11)16/h5-6,8-9,13-14H,4,7,10,17H2,1-3H3,(H,18,20). The highest BCUT2D eigenvalue weighted by atomic mass is 35.5. The molecule has 2 atom stereocenters. The van der Waals surface area contributed by atoms with Gasteiger partial charge in [0.25, 0.3) is 0 Å². The van der Waals surface area contributed by atoms with Crippen molar-refractivity contribution < 1.29 is 4.79 Å². The molecular formula is C15H24ClN3O. The summed E-state index contributed by atoms with van der Waals surface area (Å²) < 4.78 is 0. The number of carbonyl (C=O) groups is 1. The van der Waals surface area contributed by atoms with E-state index >= 15 is 0 Å². The number of nitrogens with one attached hydrogen (secondary N) is 1. The number of nitrogens with two attached hydrogens (primary N) is 1. The highest BCUT2D eigenvalue weighted by Crippen LogP contribution is 2.25. The van der Waals surface area contributed by atoms with Crippen molar-refractivity contribution in [3.05, 3.63) is 34.9 Å². The Labute approximate surface area is 126 Å². The van der Waals surface area contributed by atoms with E-state index in [0.717, 1.165) is 12.0 Å². The van der Waals surface area contributed by atoms with E-state index in [2.05, 4.69) is 5.32 Å². The summed E-state index contributed by atoms with van der Waals surface area (Å²) in [5, 5.41) is 3.62. The lowest BCUT2D eigenvalue weighted by molar-refractivity contribution is -0.122. The summed E-state index contributed by atoms with van der Waals surface area (Å²) >= 11 is 6.23. The second-order valence-electron chi connectivity index (χ2n) is 5.14. The molecule has 1 aromatic rings. The van der Waals surface area contributed by atoms with E-state index in [4.69, 9.17) is 17.3 Å². The Kier molecular flexibility index (Phi) is 6.99. The molecule has 0 aromatic heterocycles. The molecule has 20 heavy (non-hydrogen) atoms. The van der Waals surface area contributed by atoms with Crippen molar-refractivity contribution in [1.29, 1.82) is 0 Å². The maximum absolute atomic E-state index is 11.9. The molecule has 3 N–H and O–H groups in total. The van der Waals surface area contributed by atoms with Gasteiger partial charge in [0.2, 0.25) is 5.91 Å². The molecule has 0 aliphatic rings. The Morgan fingerprint density at radius 3 is 2.60 bits per heavy atom. The van der Waals surface area contributed by atoms with Gasteiger partial charge in [0, 0.05) is 11.6 Å². The summed E-state index contributed by atoms with van der Waals surface area (Å²) in [6.45, 7) is 2.51. The van der Waals surface area contributed by atoms with Gasteiger partial charge >= 0.3 is 0 Å². The molecule has 0 spiro atoms. The maximum Gasteiger partial charge on any atom is 0.236 e. The van der Waals surface area contributed by atoms with Crippen LogP contribution in [0.15, 0.2) is 24.3 Å². The second-order valence-corrected chi connectivity index (χ2v) is 5.55. The number of nitrogens with zero attached hydrogens (tertiary/aromatic N) is 1. The minimum Gasteiger partial charge on any atom is -0.353 e. The van der Waals surface area contributed by atoms with Crippen molar-refractivity contribution in [1.82, 2.24) is 10.2 Å². The van der Waals surface area contributed by atoms with Crippen molar-refractivity contribution in [2.45, 2.75) is 31.8 Å². The van der Waals surface area contributed by atoms with E-state index < -0.39 is 6.04 Å². The lowest BCUT2D eigenvalue weighted by Gasteiger charge is -2.26. The van der Waals surface area contributed by atoms with Crippen molar-refractivity contribution in [3.63, 3.8) is 0 Å². The Morgan fingerprint density at radius 2 is 2.05 bits per heavy atom. The van der Waals surface area contributed by atoms with Crippen LogP contribution in [0, 0.1) is 0 Å². The number of hydrogen-bond acceptors (Lipinski definition) is 3. The first-order valence-electron chi connectivity index (χ1n) is 6.91. The molecule has 4 nitrogen and oxygen atoms in total. The number of carbonyl (C=O) groups excluding carboxylic acids is 1. The first kappa shape index (κ1) is 17.0. The van der Waals surface area contributed by atoms with Crippen molar-refractivity contribution in [2.75, 3.05) is 20.6 Å². The quantitative estimate of drug-likeness (QED) is 0.811. The van der Waals surface area contributed by atoms with Crippen molar-refractivity contribution >= 4 is 17.5 Å². The van der Waals surface area contributed by atoms with Gasteiger partial charge < -0.3 is 16.0 Å². The molecule has 1 amide bonds. The van der Waals surface area contributed by atoms with E-state index in [-0.39, 0.29) is 11.9 Å². The second kappa shape index (κ2) is 8.25. The normalized spacial score (nSPS) is 14.1. The van der Waals surface area contributed by atoms with Gasteiger partial charge in [-0.3, -0.25) is 4.79 Å². The molecule has 1 aromatic carbocycles. The third-order valence-corrected chi connectivity index (χ3v) is 3.64. The predicted molar refractivity (Wildman–Crippen MR) is 83.8 cm³/mol. The molecule has 0 fully saturated rings. The third kappa shape index (κ3) is 4.78. The molecule has 0 saturated carbocycles. The highest BCUT2D eigenvalue weighted by Gasteiger charge is 2.19. The largest absolute Gasteiger partial charge is 0.353 e. The van der Waals surface area contributed by atoms with Crippen LogP contribution in [0.5, 0.6) is 0 Å². The van der Waals surface area contributed by atoms with Crippen LogP contribution in [0.1, 0.15) is 31.4 Å². The number of likely N-dealkylation sites (N-methyl/N-ethyl adjacent to an activating group) is 1. The van der Waals surface area contributed by atoms with Crippen molar-refractivity contribution in [2.24, 2.45) is 5.73 Å². The van der Waals surface area contributed by atoms with Gasteiger partial charge in [-0.25, -0.2) is 0 Å². The Morgan fingerprint density at radius 1 is 1.40 bits per heavy atom. The predicted octanol–water partition coefficient (Wildman–Crippen LogP) is 2.19. The number of halogens is 1. The van der Waals surface area contributed by atoms with Crippen LogP contribution in [-0.4, -0.2) is 37.5 Å². The van der Waals surface area contributed by atoms with E-state index in [1.54, 1.807) is 0 Å². The average molecular weight is 298 g/mol. The fraction of sp³-hybridized carbons (Fsp3) is 0.533. The van der Waals surface area contributed by atoms with E-state index in [0.29, 0.717) is 18.0 Å². The molecule has 0 radical (unpaired) electrons. The number of hydrogen-bond donors (Lipinski definition) is 2. The maximum atomic E-state index is 11.9. The minimum atomic E-state index is -0.436. The van der Waals surface area contributed by atoms with Crippen LogP contribution < -0.4 is 11.1 Å². The molecule has 1 rings (SSSR count). The van der Waals surface area contributed by atoms with Crippen LogP contribution in [-0.2, 0) is 4.79 Å². The first-order chi connectivity index (χ1) is 9.47. The lowest BCUT2D eigenvalue weighted by atomic mass is 10.1. The fourth-order valence-electron chi connectivity index (χ4n) is 2.09. The van der Waals surface area contributed by atoms with Crippen LogP contribution in [0.4, 0.5) is 0 Å². The summed E-state index contributed by atoms with van der Waals surface area (Å²) in [4.78, 5) is 13.9. The SMILES string of the molecule is CCCC(N)C(=O)NCC(c1ccccc1Cl)N(C)C. The summed E-state index contributed by atoms with van der Waals surface area (Å²) in [6.07, 6.45) is 1.60. The number of amides is 1. The molecule has 0 heterocycles. The molecular weight excluding hydrogens is 274 g/mol. The zero-order valence-electron chi connectivity index (χ0n) is 12.4. The topological polar surface area (TPSA) is 58.4 Å². The van der Waals surface area contributed by atoms with E-state index in [1.807, 2.05) is 50.2 Å². The Balaban J connectivity index is 2.70. The monoisotopic (exact) mass is 297 g/mol. The van der Waals surface area contributed by atoms with Gasteiger partial charge in [0.1, 0.15) is 0 Å². The van der Waals surface area contributed by atoms with Crippen molar-refractivity contribution in [3.8, 4) is 0 Å². The lowest BCUT2D eigenvalue weighted by Crippen LogP contribution is -2.43. The number of benzene rings is 1. The Bertz CT molecular complexity index is 437. The van der Waals surface area contributed by atoms with Gasteiger partial charge in [0.05, 0.1) is 12.1 Å². The third-order valence-electron chi connectivity index (χ3n) is 3.29. The zero-order chi connectivity index (χ0) is 15.1. The van der Waals surface area contributed by atoms with Gasteiger partial charge in [-0.2, -0.15) is 0 Å². The zero-order valence-corrected chi connectivity index (χ0v) is 13.2. The van der Waals surface area contributed by atoms with Gasteiger partial charge in [-0.15, -0.1) is 0 Å². The smallest absolute Gasteiger partial charge is 0.236 e. The molecule has 112 valence electrons. The van der Waals surface area contributed by atoms with Gasteiger partial charge in [-0.1, -0.05) is 43.1 Å². The molecule has 5 heteroatoms. The Hall–Kier alpha value is -1.10. The van der Waals surface area contributed by atoms with Gasteiger partial charge in [0.15, 0.2) is 0 Å². The minimum absolute atomic E-state index is 0.0291. The summed E-state index contributed by atoms with van der Waals surface area (Å²) in [6, 6.07) is 7.27. The molecule has 2 unspecified atom stereocenters. The number of rotatable bonds is 7. The summed E-state index contributed by atoms with van der Waals surface area (Å²) in [7, 11) is 3.93. The van der Waals surface area contributed by atoms with Gasteiger partial charge in [-0.05, 0) is 32.1 Å². The highest BCUT2D eigenvalue weighted by molar-refractivity contribution is 6.31. The molecule has 0 aliphatic heterocycles. The molecule has 0 bridgehead atoms. The summed E-state index contributed by atoms with van der Waals surface area (Å²) in [5.41, 5.74) is 6.81. The fourth-order valence-corrected chi connectivity index (χ4v) is 2.35. The van der Waals surface area contributed by atoms with Crippen LogP contribution in [0.25, 0.3) is 0 Å². The molecule has 0 saturated heterocycles. The van der Waals surface area contributed by atoms with Crippen LogP contribution >= 0.6 is 11.6 Å². The van der Waals surface area contributed by atoms with E-state index in [9.17, 15) is 4.79 Å². The van der Waals surface area contributed by atoms with Crippen LogP contribution in [0.3, 0.4) is 0 Å². The molecule has 0 aliphatic carbocycles. The van der Waals surface area contributed by atoms with E-state index in [1.165, 1.54) is 0 Å². The summed E-state index contributed by atoms with van der Waals surface area (Å²) in [5.74, 6) is -0.106.